The second-order valence-corrected chi connectivity index (χ2v) is 5.52. The van der Waals surface area contributed by atoms with Crippen molar-refractivity contribution in [1.29, 1.82) is 0 Å². The van der Waals surface area contributed by atoms with Crippen LogP contribution in [0.1, 0.15) is 39.0 Å². The molecule has 1 atom stereocenters. The lowest BCUT2D eigenvalue weighted by Crippen LogP contribution is -2.56. The lowest BCUT2D eigenvalue weighted by atomic mass is 9.77. The van der Waals surface area contributed by atoms with Crippen molar-refractivity contribution < 1.29 is 14.7 Å². The second-order valence-electron chi connectivity index (χ2n) is 5.52. The van der Waals surface area contributed by atoms with Crippen LogP contribution in [0.4, 0.5) is 0 Å². The van der Waals surface area contributed by atoms with Gasteiger partial charge in [-0.05, 0) is 39.0 Å². The van der Waals surface area contributed by atoms with Crippen LogP contribution in [-0.4, -0.2) is 47.7 Å². The van der Waals surface area contributed by atoms with E-state index in [9.17, 15) is 4.79 Å². The number of oxime groups is 1. The van der Waals surface area contributed by atoms with Crippen molar-refractivity contribution >= 4 is 11.7 Å². The molecule has 1 amide bonds. The predicted molar refractivity (Wildman–Crippen MR) is 70.9 cm³/mol. The molecule has 2 heterocycles. The Balaban J connectivity index is 2.24. The van der Waals surface area contributed by atoms with Crippen molar-refractivity contribution in [1.82, 2.24) is 4.90 Å². The van der Waals surface area contributed by atoms with E-state index in [4.69, 9.17) is 15.7 Å². The first-order valence-electron chi connectivity index (χ1n) is 6.98. The Morgan fingerprint density at radius 1 is 1.42 bits per heavy atom. The van der Waals surface area contributed by atoms with Crippen LogP contribution in [0, 0.1) is 5.41 Å². The summed E-state index contributed by atoms with van der Waals surface area (Å²) in [6.45, 7) is 3.78. The highest BCUT2D eigenvalue weighted by Crippen LogP contribution is 2.35. The summed E-state index contributed by atoms with van der Waals surface area (Å²) in [5.74, 6) is 0.0249. The zero-order chi connectivity index (χ0) is 13.9. The zero-order valence-corrected chi connectivity index (χ0v) is 11.5. The van der Waals surface area contributed by atoms with E-state index < -0.39 is 5.41 Å². The molecule has 0 aromatic rings. The van der Waals surface area contributed by atoms with Crippen LogP contribution in [0.15, 0.2) is 5.16 Å². The van der Waals surface area contributed by atoms with Gasteiger partial charge in [-0.25, -0.2) is 0 Å². The molecule has 108 valence electrons. The average molecular weight is 269 g/mol. The molecule has 0 aliphatic carbocycles. The predicted octanol–water partition coefficient (Wildman–Crippen LogP) is 0.931. The maximum Gasteiger partial charge on any atom is 0.236 e. The topological polar surface area (TPSA) is 88.2 Å². The number of hydrogen-bond donors (Lipinski definition) is 2. The fourth-order valence-electron chi connectivity index (χ4n) is 3.07. The maximum atomic E-state index is 12.9. The minimum Gasteiger partial charge on any atom is -0.409 e. The molecule has 2 fully saturated rings. The molecular formula is C13H23N3O3. The number of likely N-dealkylation sites (tertiary alicyclic amines) is 1. The number of amides is 1. The van der Waals surface area contributed by atoms with Crippen LogP contribution < -0.4 is 5.73 Å². The Hall–Kier alpha value is -1.30. The Labute approximate surface area is 113 Å². The van der Waals surface area contributed by atoms with Crippen molar-refractivity contribution in [2.75, 3.05) is 19.8 Å². The Kier molecular flexibility index (Phi) is 4.29. The number of hydrogen-bond acceptors (Lipinski definition) is 4. The highest BCUT2D eigenvalue weighted by molar-refractivity contribution is 6.07. The average Bonchev–Trinajstić information content (AvgIpc) is 2.47. The second kappa shape index (κ2) is 5.77. The molecule has 3 N–H and O–H groups in total. The number of nitrogens with zero attached hydrogens (tertiary/aromatic N) is 2. The van der Waals surface area contributed by atoms with E-state index in [1.54, 1.807) is 0 Å². The molecule has 2 rings (SSSR count). The summed E-state index contributed by atoms with van der Waals surface area (Å²) >= 11 is 0. The van der Waals surface area contributed by atoms with Crippen LogP contribution in [0.3, 0.4) is 0 Å². The van der Waals surface area contributed by atoms with Crippen molar-refractivity contribution in [2.45, 2.75) is 45.1 Å². The molecule has 19 heavy (non-hydrogen) atoms. The van der Waals surface area contributed by atoms with Crippen molar-refractivity contribution in [3.05, 3.63) is 0 Å². The summed E-state index contributed by atoms with van der Waals surface area (Å²) in [5.41, 5.74) is 4.96. The monoisotopic (exact) mass is 269 g/mol. The highest BCUT2D eigenvalue weighted by atomic mass is 16.5. The van der Waals surface area contributed by atoms with Crippen LogP contribution in [0.25, 0.3) is 0 Å². The van der Waals surface area contributed by atoms with E-state index in [1.165, 1.54) is 0 Å². The van der Waals surface area contributed by atoms with E-state index >= 15 is 0 Å². The Morgan fingerprint density at radius 3 is 2.68 bits per heavy atom. The molecule has 0 bridgehead atoms. The van der Waals surface area contributed by atoms with Gasteiger partial charge < -0.3 is 20.6 Å². The normalized spacial score (nSPS) is 28.2. The van der Waals surface area contributed by atoms with Gasteiger partial charge in [-0.2, -0.15) is 0 Å². The number of carbonyl (C=O) groups is 1. The minimum atomic E-state index is -0.876. The number of rotatable bonds is 2. The van der Waals surface area contributed by atoms with E-state index in [2.05, 4.69) is 12.1 Å². The van der Waals surface area contributed by atoms with E-state index in [0.717, 1.165) is 25.8 Å². The van der Waals surface area contributed by atoms with Gasteiger partial charge in [0.1, 0.15) is 5.41 Å². The van der Waals surface area contributed by atoms with Gasteiger partial charge in [-0.1, -0.05) is 5.16 Å². The summed E-state index contributed by atoms with van der Waals surface area (Å²) in [7, 11) is 0. The Morgan fingerprint density at radius 2 is 2.11 bits per heavy atom. The molecule has 0 aromatic carbocycles. The molecule has 0 aromatic heterocycles. The minimum absolute atomic E-state index is 0.00157. The molecule has 0 spiro atoms. The van der Waals surface area contributed by atoms with E-state index in [0.29, 0.717) is 26.1 Å². The largest absolute Gasteiger partial charge is 0.409 e. The molecule has 2 saturated heterocycles. The first kappa shape index (κ1) is 14.1. The molecule has 2 aliphatic heterocycles. The van der Waals surface area contributed by atoms with Crippen molar-refractivity contribution in [3.63, 3.8) is 0 Å². The molecular weight excluding hydrogens is 246 g/mol. The van der Waals surface area contributed by atoms with Crippen LogP contribution in [0.2, 0.25) is 0 Å². The number of piperidine rings is 1. The maximum absolute atomic E-state index is 12.9. The first-order chi connectivity index (χ1) is 9.12. The van der Waals surface area contributed by atoms with Crippen molar-refractivity contribution in [2.24, 2.45) is 16.3 Å². The third-order valence-corrected chi connectivity index (χ3v) is 4.42. The van der Waals surface area contributed by atoms with Crippen LogP contribution in [0.5, 0.6) is 0 Å². The molecule has 2 aliphatic rings. The molecule has 0 saturated carbocycles. The Bertz CT molecular complexity index is 364. The summed E-state index contributed by atoms with van der Waals surface area (Å²) in [5, 5.41) is 12.1. The summed E-state index contributed by atoms with van der Waals surface area (Å²) in [6, 6.07) is 0.229. The van der Waals surface area contributed by atoms with E-state index in [1.807, 2.05) is 4.90 Å². The number of ether oxygens (including phenoxy) is 1. The lowest BCUT2D eigenvalue weighted by molar-refractivity contribution is -0.146. The van der Waals surface area contributed by atoms with Gasteiger partial charge in [-0.15, -0.1) is 0 Å². The van der Waals surface area contributed by atoms with Gasteiger partial charge in [0.25, 0.3) is 0 Å². The van der Waals surface area contributed by atoms with Gasteiger partial charge in [0.05, 0.1) is 0 Å². The van der Waals surface area contributed by atoms with Gasteiger partial charge in [0.15, 0.2) is 5.84 Å². The highest BCUT2D eigenvalue weighted by Gasteiger charge is 2.47. The van der Waals surface area contributed by atoms with Gasteiger partial charge >= 0.3 is 0 Å². The van der Waals surface area contributed by atoms with Crippen LogP contribution in [-0.2, 0) is 9.53 Å². The molecule has 6 heteroatoms. The number of amidine groups is 1. The van der Waals surface area contributed by atoms with Crippen molar-refractivity contribution in [3.8, 4) is 0 Å². The summed E-state index contributed by atoms with van der Waals surface area (Å²) < 4.78 is 5.32. The van der Waals surface area contributed by atoms with Gasteiger partial charge in [0, 0.05) is 25.8 Å². The van der Waals surface area contributed by atoms with Gasteiger partial charge in [-0.3, -0.25) is 4.79 Å². The van der Waals surface area contributed by atoms with Crippen LogP contribution >= 0.6 is 0 Å². The number of nitrogens with two attached hydrogens (primary N) is 1. The quantitative estimate of drug-likeness (QED) is 0.338. The summed E-state index contributed by atoms with van der Waals surface area (Å²) in [4.78, 5) is 14.8. The standard InChI is InChI=1S/C13H23N3O3/c1-10-4-2-3-7-16(10)12(17)13(11(14)15-18)5-8-19-9-6-13/h10,18H,2-9H2,1H3,(H2,14,15). The zero-order valence-electron chi connectivity index (χ0n) is 11.5. The SMILES string of the molecule is CC1CCCCN1C(=O)C1(C(N)=NO)CCOCC1. The third-order valence-electron chi connectivity index (χ3n) is 4.42. The van der Waals surface area contributed by atoms with E-state index in [-0.39, 0.29) is 17.8 Å². The fourth-order valence-corrected chi connectivity index (χ4v) is 3.07. The van der Waals surface area contributed by atoms with Gasteiger partial charge in [0.2, 0.25) is 5.91 Å². The summed E-state index contributed by atoms with van der Waals surface area (Å²) in [6.07, 6.45) is 4.19. The first-order valence-corrected chi connectivity index (χ1v) is 6.98. The molecule has 6 nitrogen and oxygen atoms in total. The fraction of sp³-hybridized carbons (Fsp3) is 0.846. The lowest BCUT2D eigenvalue weighted by Gasteiger charge is -2.42. The number of carbonyl (C=O) groups excluding carboxylic acids is 1. The third kappa shape index (κ3) is 2.54. The molecule has 0 radical (unpaired) electrons. The molecule has 1 unspecified atom stereocenters. The smallest absolute Gasteiger partial charge is 0.236 e.